The molecule has 0 unspecified atom stereocenters. The van der Waals surface area contributed by atoms with Gasteiger partial charge in [-0.3, -0.25) is 4.79 Å². The maximum absolute atomic E-state index is 12.6. The van der Waals surface area contributed by atoms with Crippen molar-refractivity contribution in [3.05, 3.63) is 77.1 Å². The summed E-state index contributed by atoms with van der Waals surface area (Å²) in [6.45, 7) is 0. The van der Waals surface area contributed by atoms with E-state index in [0.717, 1.165) is 0 Å². The second-order valence-corrected chi connectivity index (χ2v) is 6.71. The largest absolute Gasteiger partial charge is 0.497 e. The van der Waals surface area contributed by atoms with E-state index >= 15 is 0 Å². The quantitative estimate of drug-likeness (QED) is 0.726. The summed E-state index contributed by atoms with van der Waals surface area (Å²) in [6, 6.07) is 17.3. The Balaban J connectivity index is 2.11. The van der Waals surface area contributed by atoms with Gasteiger partial charge in [0.25, 0.3) is 15.6 Å². The Hall–Kier alpha value is -2.93. The number of ether oxygens (including phenoxy) is 1. The van der Waals surface area contributed by atoms with Crippen LogP contribution in [0.2, 0.25) is 0 Å². The molecule has 6 nitrogen and oxygen atoms in total. The first-order chi connectivity index (χ1) is 11.5. The summed E-state index contributed by atoms with van der Waals surface area (Å²) < 4.78 is 30.8. The number of methoxy groups -OCH3 is 1. The zero-order valence-electron chi connectivity index (χ0n) is 12.8. The lowest BCUT2D eigenvalue weighted by molar-refractivity contribution is 0.415. The van der Waals surface area contributed by atoms with Gasteiger partial charge < -0.3 is 4.74 Å². The number of aromatic nitrogens is 2. The van der Waals surface area contributed by atoms with Gasteiger partial charge in [0.15, 0.2) is 0 Å². The van der Waals surface area contributed by atoms with E-state index in [1.165, 1.54) is 24.3 Å². The third-order valence-corrected chi connectivity index (χ3v) is 5.01. The van der Waals surface area contributed by atoms with Crippen molar-refractivity contribution in [3.63, 3.8) is 0 Å². The van der Waals surface area contributed by atoms with Crippen LogP contribution in [0, 0.1) is 0 Å². The third kappa shape index (κ3) is 2.93. The van der Waals surface area contributed by atoms with Crippen molar-refractivity contribution in [1.29, 1.82) is 0 Å². The van der Waals surface area contributed by atoms with E-state index in [0.29, 0.717) is 21.1 Å². The molecule has 0 radical (unpaired) electrons. The summed E-state index contributed by atoms with van der Waals surface area (Å²) in [6.07, 6.45) is 0. The predicted octanol–water partition coefficient (Wildman–Crippen LogP) is 2.16. The minimum atomic E-state index is -4.04. The van der Waals surface area contributed by atoms with E-state index in [9.17, 15) is 13.2 Å². The Labute approximate surface area is 139 Å². The molecule has 0 spiro atoms. The number of benzene rings is 2. The van der Waals surface area contributed by atoms with E-state index in [1.807, 2.05) is 0 Å². The molecular formula is C17H14N2O4S. The SMILES string of the molecule is COc1ccc(-c2ccc(=O)n(S(=O)(=O)c3ccccc3)n2)cc1. The third-order valence-electron chi connectivity index (χ3n) is 3.43. The van der Waals surface area contributed by atoms with Gasteiger partial charge >= 0.3 is 0 Å². The highest BCUT2D eigenvalue weighted by atomic mass is 32.2. The van der Waals surface area contributed by atoms with Crippen LogP contribution in [0.1, 0.15) is 0 Å². The van der Waals surface area contributed by atoms with Crippen LogP contribution in [0.3, 0.4) is 0 Å². The van der Waals surface area contributed by atoms with E-state index in [2.05, 4.69) is 5.10 Å². The Morgan fingerprint density at radius 2 is 1.58 bits per heavy atom. The van der Waals surface area contributed by atoms with Gasteiger partial charge in [0.2, 0.25) is 0 Å². The van der Waals surface area contributed by atoms with Crippen LogP contribution in [0.5, 0.6) is 5.75 Å². The summed E-state index contributed by atoms with van der Waals surface area (Å²) in [7, 11) is -2.49. The van der Waals surface area contributed by atoms with Gasteiger partial charge in [0, 0.05) is 11.6 Å². The van der Waals surface area contributed by atoms with Gasteiger partial charge in [-0.25, -0.2) is 0 Å². The molecule has 0 atom stereocenters. The summed E-state index contributed by atoms with van der Waals surface area (Å²) in [5.74, 6) is 0.670. The second-order valence-electron chi connectivity index (χ2n) is 4.95. The van der Waals surface area contributed by atoms with Crippen molar-refractivity contribution in [1.82, 2.24) is 9.19 Å². The molecule has 3 aromatic rings. The van der Waals surface area contributed by atoms with E-state index in [1.54, 1.807) is 49.6 Å². The lowest BCUT2D eigenvalue weighted by Crippen LogP contribution is -2.29. The molecule has 0 aliphatic heterocycles. The highest BCUT2D eigenvalue weighted by molar-refractivity contribution is 7.89. The van der Waals surface area contributed by atoms with Crippen molar-refractivity contribution in [3.8, 4) is 17.0 Å². The maximum atomic E-state index is 12.6. The zero-order chi connectivity index (χ0) is 17.2. The standard InChI is InChI=1S/C17H14N2O4S/c1-23-14-9-7-13(8-10-14)16-11-12-17(20)19(18-16)24(21,22)15-5-3-2-4-6-15/h2-12H,1H3. The van der Waals surface area contributed by atoms with Gasteiger partial charge in [0.1, 0.15) is 5.75 Å². The Bertz CT molecular complexity index is 1010. The fourth-order valence-corrected chi connectivity index (χ4v) is 3.37. The van der Waals surface area contributed by atoms with Gasteiger partial charge in [-0.1, -0.05) is 18.2 Å². The molecule has 0 fully saturated rings. The van der Waals surface area contributed by atoms with Crippen molar-refractivity contribution in [2.75, 3.05) is 7.11 Å². The molecule has 3 rings (SSSR count). The van der Waals surface area contributed by atoms with E-state index < -0.39 is 15.6 Å². The van der Waals surface area contributed by atoms with Gasteiger partial charge in [-0.05, 0) is 42.5 Å². The Morgan fingerprint density at radius 1 is 0.917 bits per heavy atom. The van der Waals surface area contributed by atoms with Crippen molar-refractivity contribution in [2.24, 2.45) is 0 Å². The average molecular weight is 342 g/mol. The number of rotatable bonds is 4. The lowest BCUT2D eigenvalue weighted by atomic mass is 10.1. The molecule has 0 N–H and O–H groups in total. The first kappa shape index (κ1) is 15.9. The van der Waals surface area contributed by atoms with Gasteiger partial charge in [-0.15, -0.1) is 4.09 Å². The second kappa shape index (κ2) is 6.29. The minimum absolute atomic E-state index is 0.00600. The van der Waals surface area contributed by atoms with Crippen LogP contribution < -0.4 is 10.3 Å². The highest BCUT2D eigenvalue weighted by Crippen LogP contribution is 2.20. The first-order valence-corrected chi connectivity index (χ1v) is 8.52. The van der Waals surface area contributed by atoms with Crippen LogP contribution in [0.4, 0.5) is 0 Å². The zero-order valence-corrected chi connectivity index (χ0v) is 13.6. The molecule has 0 aliphatic rings. The summed E-state index contributed by atoms with van der Waals surface area (Å²) in [5.41, 5.74) is 0.334. The fourth-order valence-electron chi connectivity index (χ4n) is 2.17. The molecule has 0 bridgehead atoms. The van der Waals surface area contributed by atoms with Crippen LogP contribution in [-0.2, 0) is 10.0 Å². The first-order valence-electron chi connectivity index (χ1n) is 7.08. The predicted molar refractivity (Wildman–Crippen MR) is 89.5 cm³/mol. The number of nitrogens with zero attached hydrogens (tertiary/aromatic N) is 2. The summed E-state index contributed by atoms with van der Waals surface area (Å²) in [4.78, 5) is 12.0. The van der Waals surface area contributed by atoms with E-state index in [-0.39, 0.29) is 4.90 Å². The topological polar surface area (TPSA) is 78.3 Å². The van der Waals surface area contributed by atoms with Crippen LogP contribution >= 0.6 is 0 Å². The lowest BCUT2D eigenvalue weighted by Gasteiger charge is -2.08. The average Bonchev–Trinajstić information content (AvgIpc) is 2.63. The van der Waals surface area contributed by atoms with Crippen LogP contribution in [0.25, 0.3) is 11.3 Å². The molecule has 122 valence electrons. The molecule has 0 saturated carbocycles. The Morgan fingerprint density at radius 3 is 2.21 bits per heavy atom. The monoisotopic (exact) mass is 342 g/mol. The molecule has 0 amide bonds. The van der Waals surface area contributed by atoms with E-state index in [4.69, 9.17) is 4.74 Å². The molecule has 1 aromatic heterocycles. The maximum Gasteiger partial charge on any atom is 0.286 e. The van der Waals surface area contributed by atoms with Gasteiger partial charge in [0.05, 0.1) is 17.7 Å². The Kier molecular flexibility index (Phi) is 4.18. The van der Waals surface area contributed by atoms with Crippen LogP contribution in [-0.4, -0.2) is 24.7 Å². The molecular weight excluding hydrogens is 328 g/mol. The molecule has 0 saturated heterocycles. The summed E-state index contributed by atoms with van der Waals surface area (Å²) in [5, 5.41) is 4.02. The molecule has 2 aromatic carbocycles. The number of hydrogen-bond acceptors (Lipinski definition) is 5. The smallest absolute Gasteiger partial charge is 0.286 e. The highest BCUT2D eigenvalue weighted by Gasteiger charge is 2.20. The minimum Gasteiger partial charge on any atom is -0.497 e. The van der Waals surface area contributed by atoms with Crippen molar-refractivity contribution >= 4 is 10.0 Å². The molecule has 7 heteroatoms. The molecule has 24 heavy (non-hydrogen) atoms. The fraction of sp³-hybridized carbons (Fsp3) is 0.0588. The molecule has 1 heterocycles. The van der Waals surface area contributed by atoms with Crippen LogP contribution in [0.15, 0.2) is 76.4 Å². The number of hydrogen-bond donors (Lipinski definition) is 0. The van der Waals surface area contributed by atoms with Gasteiger partial charge in [-0.2, -0.15) is 13.5 Å². The normalized spacial score (nSPS) is 11.2. The molecule has 0 aliphatic carbocycles. The van der Waals surface area contributed by atoms with Crippen molar-refractivity contribution in [2.45, 2.75) is 4.90 Å². The van der Waals surface area contributed by atoms with Crippen molar-refractivity contribution < 1.29 is 13.2 Å². The summed E-state index contributed by atoms with van der Waals surface area (Å²) >= 11 is 0.